The summed E-state index contributed by atoms with van der Waals surface area (Å²) in [5, 5.41) is 5.06. The van der Waals surface area contributed by atoms with Gasteiger partial charge in [-0.05, 0) is 43.3 Å². The molecule has 6 nitrogen and oxygen atoms in total. The summed E-state index contributed by atoms with van der Waals surface area (Å²) in [4.78, 5) is 4.48. The largest absolute Gasteiger partial charge is 0.487 e. The molecule has 0 atom stereocenters. The van der Waals surface area contributed by atoms with Gasteiger partial charge in [0.05, 0.1) is 4.90 Å². The van der Waals surface area contributed by atoms with Crippen molar-refractivity contribution in [2.45, 2.75) is 18.4 Å². The first-order chi connectivity index (χ1) is 11.4. The minimum Gasteiger partial charge on any atom is -0.487 e. The second-order valence-corrected chi connectivity index (χ2v) is 6.75. The van der Waals surface area contributed by atoms with E-state index in [-0.39, 0.29) is 11.5 Å². The third-order valence-electron chi connectivity index (χ3n) is 3.44. The van der Waals surface area contributed by atoms with Gasteiger partial charge in [-0.1, -0.05) is 18.2 Å². The molecule has 0 fully saturated rings. The monoisotopic (exact) mass is 344 g/mol. The zero-order chi connectivity index (χ0) is 17.2. The van der Waals surface area contributed by atoms with Gasteiger partial charge in [0.1, 0.15) is 23.8 Å². The van der Waals surface area contributed by atoms with Crippen LogP contribution in [0, 0.1) is 6.92 Å². The molecule has 24 heavy (non-hydrogen) atoms. The maximum atomic E-state index is 11.2. The first kappa shape index (κ1) is 16.2. The molecular formula is C17H16N2O4S. The van der Waals surface area contributed by atoms with Crippen molar-refractivity contribution in [1.82, 2.24) is 4.98 Å². The summed E-state index contributed by atoms with van der Waals surface area (Å²) in [5.41, 5.74) is 1.58. The topological polar surface area (TPSA) is 95.4 Å². The van der Waals surface area contributed by atoms with E-state index >= 15 is 0 Å². The number of ether oxygens (including phenoxy) is 1. The molecule has 7 heteroatoms. The molecule has 0 spiro atoms. The minimum absolute atomic E-state index is 0.0406. The Bertz CT molecular complexity index is 932. The second kappa shape index (κ2) is 6.46. The molecule has 3 rings (SSSR count). The van der Waals surface area contributed by atoms with Crippen LogP contribution < -0.4 is 9.88 Å². The van der Waals surface area contributed by atoms with Crippen molar-refractivity contribution in [3.05, 3.63) is 66.1 Å². The Hall–Kier alpha value is -2.64. The molecule has 0 aliphatic rings. The quantitative estimate of drug-likeness (QED) is 0.768. The summed E-state index contributed by atoms with van der Waals surface area (Å²) in [6.45, 7) is 2.04. The predicted octanol–water partition coefficient (Wildman–Crippen LogP) is 2.88. The van der Waals surface area contributed by atoms with Crippen molar-refractivity contribution in [2.24, 2.45) is 5.14 Å². The van der Waals surface area contributed by atoms with Crippen molar-refractivity contribution >= 4 is 10.0 Å². The fraction of sp³-hybridized carbons (Fsp3) is 0.118. The Kier molecular flexibility index (Phi) is 4.37. The van der Waals surface area contributed by atoms with E-state index in [2.05, 4.69) is 4.98 Å². The zero-order valence-corrected chi connectivity index (χ0v) is 13.8. The van der Waals surface area contributed by atoms with Gasteiger partial charge >= 0.3 is 0 Å². The van der Waals surface area contributed by atoms with E-state index in [1.54, 1.807) is 12.1 Å². The van der Waals surface area contributed by atoms with Crippen LogP contribution in [0.5, 0.6) is 5.75 Å². The van der Waals surface area contributed by atoms with Crippen LogP contribution in [0.15, 0.2) is 63.9 Å². The van der Waals surface area contributed by atoms with Gasteiger partial charge in [-0.25, -0.2) is 18.5 Å². The smallest absolute Gasteiger partial charge is 0.238 e. The highest BCUT2D eigenvalue weighted by Gasteiger charge is 2.12. The molecule has 0 saturated carbocycles. The van der Waals surface area contributed by atoms with Crippen LogP contribution in [-0.4, -0.2) is 13.4 Å². The number of rotatable bonds is 5. The van der Waals surface area contributed by atoms with E-state index < -0.39 is 10.0 Å². The van der Waals surface area contributed by atoms with Gasteiger partial charge < -0.3 is 9.15 Å². The van der Waals surface area contributed by atoms with Crippen LogP contribution in [-0.2, 0) is 16.6 Å². The van der Waals surface area contributed by atoms with Gasteiger partial charge in [-0.2, -0.15) is 0 Å². The van der Waals surface area contributed by atoms with Crippen molar-refractivity contribution in [1.29, 1.82) is 0 Å². The molecule has 3 aromatic rings. The number of hydrogen-bond acceptors (Lipinski definition) is 5. The number of aryl methyl sites for hydroxylation is 1. The highest BCUT2D eigenvalue weighted by molar-refractivity contribution is 7.89. The Morgan fingerprint density at radius 1 is 1.08 bits per heavy atom. The minimum atomic E-state index is -3.70. The molecule has 0 amide bonds. The number of aromatic nitrogens is 1. The third kappa shape index (κ3) is 3.64. The number of hydrogen-bond donors (Lipinski definition) is 1. The summed E-state index contributed by atoms with van der Waals surface area (Å²) < 4.78 is 33.7. The number of nitrogens with two attached hydrogens (primary N) is 1. The summed E-state index contributed by atoms with van der Waals surface area (Å²) in [7, 11) is -3.70. The maximum Gasteiger partial charge on any atom is 0.238 e. The van der Waals surface area contributed by atoms with Gasteiger partial charge in [0.25, 0.3) is 0 Å². The van der Waals surface area contributed by atoms with Crippen molar-refractivity contribution in [3.8, 4) is 17.2 Å². The predicted molar refractivity (Wildman–Crippen MR) is 88.8 cm³/mol. The van der Waals surface area contributed by atoms with Crippen LogP contribution in [0.2, 0.25) is 0 Å². The van der Waals surface area contributed by atoms with Gasteiger partial charge in [-0.15, -0.1) is 0 Å². The number of sulfonamides is 1. The third-order valence-corrected chi connectivity index (χ3v) is 4.37. The van der Waals surface area contributed by atoms with Crippen LogP contribution in [0.1, 0.15) is 11.5 Å². The average molecular weight is 344 g/mol. The summed E-state index contributed by atoms with van der Waals surface area (Å²) in [5.74, 6) is 1.73. The maximum absolute atomic E-state index is 11.2. The van der Waals surface area contributed by atoms with Gasteiger partial charge in [0.2, 0.25) is 15.9 Å². The Morgan fingerprint density at radius 3 is 2.38 bits per heavy atom. The summed E-state index contributed by atoms with van der Waals surface area (Å²) >= 11 is 0. The van der Waals surface area contributed by atoms with Crippen molar-refractivity contribution < 1.29 is 17.6 Å². The van der Waals surface area contributed by atoms with Crippen LogP contribution in [0.25, 0.3) is 11.5 Å². The van der Waals surface area contributed by atoms with E-state index in [1.165, 1.54) is 12.1 Å². The lowest BCUT2D eigenvalue weighted by molar-refractivity contribution is 0.299. The lowest BCUT2D eigenvalue weighted by Gasteiger charge is -2.05. The van der Waals surface area contributed by atoms with Crippen LogP contribution >= 0.6 is 0 Å². The lowest BCUT2D eigenvalue weighted by Crippen LogP contribution is -2.11. The molecule has 0 aliphatic carbocycles. The number of benzene rings is 2. The first-order valence-corrected chi connectivity index (χ1v) is 8.75. The molecule has 124 valence electrons. The highest BCUT2D eigenvalue weighted by Crippen LogP contribution is 2.23. The fourth-order valence-corrected chi connectivity index (χ4v) is 2.66. The molecule has 1 heterocycles. The molecular weight excluding hydrogens is 328 g/mol. The molecule has 0 radical (unpaired) electrons. The van der Waals surface area contributed by atoms with Gasteiger partial charge in [0.15, 0.2) is 0 Å². The van der Waals surface area contributed by atoms with Gasteiger partial charge in [0, 0.05) is 5.56 Å². The molecule has 0 aliphatic heterocycles. The van der Waals surface area contributed by atoms with Crippen molar-refractivity contribution in [2.75, 3.05) is 0 Å². The molecule has 0 saturated heterocycles. The van der Waals surface area contributed by atoms with E-state index in [9.17, 15) is 8.42 Å². The Balaban J connectivity index is 1.72. The normalized spacial score (nSPS) is 11.4. The van der Waals surface area contributed by atoms with E-state index in [4.69, 9.17) is 14.3 Å². The van der Waals surface area contributed by atoms with E-state index in [0.717, 1.165) is 5.56 Å². The average Bonchev–Trinajstić information content (AvgIpc) is 2.94. The van der Waals surface area contributed by atoms with Crippen molar-refractivity contribution in [3.63, 3.8) is 0 Å². The fourth-order valence-electron chi connectivity index (χ4n) is 2.14. The molecule has 0 bridgehead atoms. The number of nitrogens with zero attached hydrogens (tertiary/aromatic N) is 1. The zero-order valence-electron chi connectivity index (χ0n) is 13.0. The van der Waals surface area contributed by atoms with Gasteiger partial charge in [-0.3, -0.25) is 0 Å². The Morgan fingerprint density at radius 2 is 1.75 bits per heavy atom. The SMILES string of the molecule is Cc1oc(-c2ccccc2)nc1COc1ccc(S(N)(=O)=O)cc1. The molecule has 2 N–H and O–H groups in total. The number of primary sulfonamides is 1. The van der Waals surface area contributed by atoms with E-state index in [0.29, 0.717) is 23.1 Å². The summed E-state index contributed by atoms with van der Waals surface area (Å²) in [6.07, 6.45) is 0. The lowest BCUT2D eigenvalue weighted by atomic mass is 10.2. The standard InChI is InChI=1S/C17H16N2O4S/c1-12-16(19-17(23-12)13-5-3-2-4-6-13)11-22-14-7-9-15(10-8-14)24(18,20)21/h2-10H,11H2,1H3,(H2,18,20,21). The number of oxazole rings is 1. The molecule has 1 aromatic heterocycles. The second-order valence-electron chi connectivity index (χ2n) is 5.19. The Labute approximate surface area is 140 Å². The summed E-state index contributed by atoms with van der Waals surface area (Å²) in [6, 6.07) is 15.5. The first-order valence-electron chi connectivity index (χ1n) is 7.21. The highest BCUT2D eigenvalue weighted by atomic mass is 32.2. The van der Waals surface area contributed by atoms with Crippen LogP contribution in [0.3, 0.4) is 0 Å². The van der Waals surface area contributed by atoms with E-state index in [1.807, 2.05) is 37.3 Å². The molecule has 0 unspecified atom stereocenters. The van der Waals surface area contributed by atoms with Crippen LogP contribution in [0.4, 0.5) is 0 Å². The molecule has 2 aromatic carbocycles.